The van der Waals surface area contributed by atoms with Gasteiger partial charge in [-0.15, -0.1) is 0 Å². The van der Waals surface area contributed by atoms with Crippen LogP contribution in [0.2, 0.25) is 0 Å². The third-order valence-electron chi connectivity index (χ3n) is 2.30. The van der Waals surface area contributed by atoms with E-state index in [1.165, 1.54) is 12.1 Å². The highest BCUT2D eigenvalue weighted by Crippen LogP contribution is 2.19. The van der Waals surface area contributed by atoms with Crippen LogP contribution in [0.25, 0.3) is 0 Å². The van der Waals surface area contributed by atoms with Crippen LogP contribution in [0.5, 0.6) is 0 Å². The lowest BCUT2D eigenvalue weighted by Crippen LogP contribution is -2.39. The van der Waals surface area contributed by atoms with Crippen LogP contribution in [0, 0.1) is 9.39 Å². The molecule has 0 bridgehead atoms. The van der Waals surface area contributed by atoms with Crippen molar-refractivity contribution in [1.29, 1.82) is 0 Å². The maximum Gasteiger partial charge on any atom is 0.242 e. The number of halogens is 2. The van der Waals surface area contributed by atoms with Crippen molar-refractivity contribution in [2.75, 3.05) is 25.6 Å². The van der Waals surface area contributed by atoms with Crippen molar-refractivity contribution in [3.8, 4) is 0 Å². The molecule has 1 amide bonds. The zero-order chi connectivity index (χ0) is 13.5. The van der Waals surface area contributed by atoms with Crippen molar-refractivity contribution in [3.63, 3.8) is 0 Å². The molecule has 1 rings (SSSR count). The predicted octanol–water partition coefficient (Wildman–Crippen LogP) is 1.99. The molecule has 6 heteroatoms. The molecule has 100 valence electrons. The largest absolute Gasteiger partial charge is 0.383 e. The molecule has 0 aliphatic heterocycles. The van der Waals surface area contributed by atoms with Crippen molar-refractivity contribution in [1.82, 2.24) is 5.32 Å². The molecule has 0 aliphatic carbocycles. The van der Waals surface area contributed by atoms with Crippen molar-refractivity contribution in [2.24, 2.45) is 0 Å². The smallest absolute Gasteiger partial charge is 0.242 e. The molecule has 1 atom stereocenters. The van der Waals surface area contributed by atoms with E-state index in [0.717, 1.165) is 9.26 Å². The Morgan fingerprint density at radius 1 is 1.56 bits per heavy atom. The highest BCUT2D eigenvalue weighted by molar-refractivity contribution is 14.1. The molecule has 0 saturated carbocycles. The Bertz CT molecular complexity index is 415. The molecular weight excluding hydrogens is 350 g/mol. The summed E-state index contributed by atoms with van der Waals surface area (Å²) in [5.74, 6) is -0.408. The van der Waals surface area contributed by atoms with Gasteiger partial charge in [-0.2, -0.15) is 0 Å². The maximum atomic E-state index is 12.9. The van der Waals surface area contributed by atoms with E-state index in [1.807, 2.05) is 22.6 Å². The zero-order valence-electron chi connectivity index (χ0n) is 10.3. The second kappa shape index (κ2) is 7.52. The summed E-state index contributed by atoms with van der Waals surface area (Å²) in [5.41, 5.74) is 0.742. The molecule has 1 aromatic rings. The second-order valence-electron chi connectivity index (χ2n) is 3.77. The standard InChI is InChI=1S/C12H16FIN2O2/c1-8(12(17)15-5-6-18-2)16-11-4-3-9(13)7-10(11)14/h3-4,7-8,16H,5-6H2,1-2H3,(H,15,17). The minimum Gasteiger partial charge on any atom is -0.383 e. The highest BCUT2D eigenvalue weighted by atomic mass is 127. The quantitative estimate of drug-likeness (QED) is 0.598. The molecule has 2 N–H and O–H groups in total. The van der Waals surface area contributed by atoms with Gasteiger partial charge in [0.05, 0.1) is 6.61 Å². The Labute approximate surface area is 119 Å². The van der Waals surface area contributed by atoms with Crippen LogP contribution < -0.4 is 10.6 Å². The molecule has 0 spiro atoms. The molecule has 0 aromatic heterocycles. The van der Waals surface area contributed by atoms with Crippen LogP contribution in [0.1, 0.15) is 6.92 Å². The van der Waals surface area contributed by atoms with E-state index in [9.17, 15) is 9.18 Å². The number of hydrogen-bond acceptors (Lipinski definition) is 3. The first-order valence-corrected chi connectivity index (χ1v) is 6.60. The lowest BCUT2D eigenvalue weighted by molar-refractivity contribution is -0.121. The van der Waals surface area contributed by atoms with Crippen molar-refractivity contribution < 1.29 is 13.9 Å². The van der Waals surface area contributed by atoms with Crippen molar-refractivity contribution >= 4 is 34.2 Å². The number of benzene rings is 1. The average Bonchev–Trinajstić information content (AvgIpc) is 2.32. The molecule has 4 nitrogen and oxygen atoms in total. The van der Waals surface area contributed by atoms with E-state index < -0.39 is 0 Å². The van der Waals surface area contributed by atoms with Gasteiger partial charge in [-0.05, 0) is 47.7 Å². The Morgan fingerprint density at radius 2 is 2.28 bits per heavy atom. The minimum absolute atomic E-state index is 0.118. The molecule has 0 fully saturated rings. The summed E-state index contributed by atoms with van der Waals surface area (Å²) in [4.78, 5) is 11.7. The second-order valence-corrected chi connectivity index (χ2v) is 4.94. The number of nitrogens with one attached hydrogen (secondary N) is 2. The van der Waals surface area contributed by atoms with E-state index in [4.69, 9.17) is 4.74 Å². The summed E-state index contributed by atoms with van der Waals surface area (Å²) in [5, 5.41) is 5.77. The van der Waals surface area contributed by atoms with Gasteiger partial charge in [-0.3, -0.25) is 4.79 Å². The van der Waals surface area contributed by atoms with Gasteiger partial charge < -0.3 is 15.4 Å². The Hall–Kier alpha value is -0.890. The van der Waals surface area contributed by atoms with Crippen LogP contribution >= 0.6 is 22.6 Å². The van der Waals surface area contributed by atoms with Gasteiger partial charge in [0.2, 0.25) is 5.91 Å². The Balaban J connectivity index is 2.53. The van der Waals surface area contributed by atoms with Gasteiger partial charge in [0, 0.05) is 22.9 Å². The summed E-state index contributed by atoms with van der Waals surface area (Å²) in [6.07, 6.45) is 0. The van der Waals surface area contributed by atoms with Crippen LogP contribution in [-0.4, -0.2) is 32.2 Å². The summed E-state index contributed by atoms with van der Waals surface area (Å²) in [7, 11) is 1.58. The molecule has 1 unspecified atom stereocenters. The fraction of sp³-hybridized carbons (Fsp3) is 0.417. The molecular formula is C12H16FIN2O2. The van der Waals surface area contributed by atoms with Gasteiger partial charge in [0.1, 0.15) is 11.9 Å². The summed E-state index contributed by atoms with van der Waals surface area (Å²) in [6, 6.07) is 4.01. The van der Waals surface area contributed by atoms with Crippen LogP contribution in [-0.2, 0) is 9.53 Å². The van der Waals surface area contributed by atoms with E-state index in [0.29, 0.717) is 13.2 Å². The molecule has 0 saturated heterocycles. The number of carbonyl (C=O) groups is 1. The third-order valence-corrected chi connectivity index (χ3v) is 3.19. The summed E-state index contributed by atoms with van der Waals surface area (Å²) >= 11 is 2.02. The lowest BCUT2D eigenvalue weighted by atomic mass is 10.2. The lowest BCUT2D eigenvalue weighted by Gasteiger charge is -2.16. The average molecular weight is 366 g/mol. The van der Waals surface area contributed by atoms with Crippen molar-refractivity contribution in [3.05, 3.63) is 27.6 Å². The number of methoxy groups -OCH3 is 1. The van der Waals surface area contributed by atoms with E-state index in [1.54, 1.807) is 20.1 Å². The van der Waals surface area contributed by atoms with E-state index in [2.05, 4.69) is 10.6 Å². The topological polar surface area (TPSA) is 50.4 Å². The third kappa shape index (κ3) is 4.77. The summed E-state index contributed by atoms with van der Waals surface area (Å²) < 4.78 is 18.5. The van der Waals surface area contributed by atoms with Crippen LogP contribution in [0.3, 0.4) is 0 Å². The van der Waals surface area contributed by atoms with Gasteiger partial charge in [-0.25, -0.2) is 4.39 Å². The van der Waals surface area contributed by atoms with Gasteiger partial charge >= 0.3 is 0 Å². The highest BCUT2D eigenvalue weighted by Gasteiger charge is 2.13. The van der Waals surface area contributed by atoms with Gasteiger partial charge in [-0.1, -0.05) is 0 Å². The monoisotopic (exact) mass is 366 g/mol. The zero-order valence-corrected chi connectivity index (χ0v) is 12.5. The van der Waals surface area contributed by atoms with E-state index >= 15 is 0 Å². The minimum atomic E-state index is -0.388. The molecule has 0 heterocycles. The van der Waals surface area contributed by atoms with Crippen molar-refractivity contribution in [2.45, 2.75) is 13.0 Å². The maximum absolute atomic E-state index is 12.9. The number of amides is 1. The van der Waals surface area contributed by atoms with Crippen LogP contribution in [0.4, 0.5) is 10.1 Å². The SMILES string of the molecule is COCCNC(=O)C(C)Nc1ccc(F)cc1I. The first-order valence-electron chi connectivity index (χ1n) is 5.53. The number of hydrogen-bond donors (Lipinski definition) is 2. The molecule has 1 aromatic carbocycles. The van der Waals surface area contributed by atoms with Crippen LogP contribution in [0.15, 0.2) is 18.2 Å². The number of carbonyl (C=O) groups excluding carboxylic acids is 1. The Kier molecular flexibility index (Phi) is 6.34. The number of ether oxygens (including phenoxy) is 1. The van der Waals surface area contributed by atoms with Gasteiger partial charge in [0.25, 0.3) is 0 Å². The number of rotatable bonds is 6. The van der Waals surface area contributed by atoms with Gasteiger partial charge in [0.15, 0.2) is 0 Å². The fourth-order valence-electron chi connectivity index (χ4n) is 1.33. The first-order chi connectivity index (χ1) is 8.54. The predicted molar refractivity (Wildman–Crippen MR) is 77.1 cm³/mol. The molecule has 0 radical (unpaired) electrons. The summed E-state index contributed by atoms with van der Waals surface area (Å²) in [6.45, 7) is 2.70. The molecule has 0 aliphatic rings. The first kappa shape index (κ1) is 15.2. The fourth-order valence-corrected chi connectivity index (χ4v) is 1.97. The molecule has 18 heavy (non-hydrogen) atoms. The number of anilines is 1. The van der Waals surface area contributed by atoms with E-state index in [-0.39, 0.29) is 17.8 Å². The normalized spacial score (nSPS) is 12.0. The Morgan fingerprint density at radius 3 is 2.89 bits per heavy atom.